The average molecular weight is 282 g/mol. The highest BCUT2D eigenvalue weighted by atomic mass is 16.7. The lowest BCUT2D eigenvalue weighted by Gasteiger charge is -2.26. The maximum Gasteiger partial charge on any atom is 0.507 e. The van der Waals surface area contributed by atoms with Crippen LogP contribution in [0.2, 0.25) is 0 Å². The van der Waals surface area contributed by atoms with Crippen LogP contribution in [0.25, 0.3) is 0 Å². The largest absolute Gasteiger partial charge is 0.507 e. The second kappa shape index (κ2) is 5.70. The number of ether oxygens (including phenoxy) is 2. The van der Waals surface area contributed by atoms with E-state index in [4.69, 9.17) is 14.6 Å². The first-order chi connectivity index (χ1) is 9.54. The van der Waals surface area contributed by atoms with Gasteiger partial charge in [-0.05, 0) is 0 Å². The van der Waals surface area contributed by atoms with E-state index in [9.17, 15) is 9.59 Å². The van der Waals surface area contributed by atoms with E-state index in [1.54, 1.807) is 7.05 Å². The molecule has 1 aliphatic rings. The average Bonchev–Trinajstić information content (AvgIpc) is 2.86. The van der Waals surface area contributed by atoms with E-state index < -0.39 is 17.8 Å². The molecule has 20 heavy (non-hydrogen) atoms. The van der Waals surface area contributed by atoms with E-state index >= 15 is 0 Å². The first-order valence-electron chi connectivity index (χ1n) is 5.87. The Kier molecular flexibility index (Phi) is 3.99. The molecular formula is C11H14N4O5. The number of hydrogen-bond donors (Lipinski definition) is 3. The fourth-order valence-electron chi connectivity index (χ4n) is 1.77. The molecule has 1 aliphatic heterocycles. The lowest BCUT2D eigenvalue weighted by Crippen LogP contribution is -2.52. The topological polar surface area (TPSA) is 123 Å². The summed E-state index contributed by atoms with van der Waals surface area (Å²) in [5.74, 6) is -0.151. The van der Waals surface area contributed by atoms with Gasteiger partial charge in [0.05, 0.1) is 12.2 Å². The van der Waals surface area contributed by atoms with Gasteiger partial charge in [0, 0.05) is 25.9 Å². The number of carbonyl (C=O) groups excluding carboxylic acids is 1. The van der Waals surface area contributed by atoms with Crippen molar-refractivity contribution >= 4 is 18.0 Å². The van der Waals surface area contributed by atoms with E-state index in [1.807, 2.05) is 0 Å². The summed E-state index contributed by atoms with van der Waals surface area (Å²) in [4.78, 5) is 30.6. The smallest absolute Gasteiger partial charge is 0.450 e. The Labute approximate surface area is 114 Å². The van der Waals surface area contributed by atoms with Crippen molar-refractivity contribution in [2.24, 2.45) is 0 Å². The van der Waals surface area contributed by atoms with Crippen molar-refractivity contribution in [2.45, 2.75) is 12.1 Å². The van der Waals surface area contributed by atoms with Gasteiger partial charge in [-0.2, -0.15) is 0 Å². The Balaban J connectivity index is 2.09. The summed E-state index contributed by atoms with van der Waals surface area (Å²) in [6.07, 6.45) is 1.44. The second-order valence-corrected chi connectivity index (χ2v) is 4.16. The summed E-state index contributed by atoms with van der Waals surface area (Å²) in [5.41, 5.74) is -1.16. The molecule has 3 N–H and O–H groups in total. The van der Waals surface area contributed by atoms with Crippen molar-refractivity contribution in [3.63, 3.8) is 0 Å². The highest BCUT2D eigenvalue weighted by Crippen LogP contribution is 2.21. The third-order valence-corrected chi connectivity index (χ3v) is 2.75. The van der Waals surface area contributed by atoms with Gasteiger partial charge in [-0.1, -0.05) is 0 Å². The molecule has 0 aromatic carbocycles. The van der Waals surface area contributed by atoms with Gasteiger partial charge < -0.3 is 25.2 Å². The molecule has 9 heteroatoms. The van der Waals surface area contributed by atoms with Crippen LogP contribution in [0.3, 0.4) is 0 Å². The van der Waals surface area contributed by atoms with Gasteiger partial charge in [0.15, 0.2) is 0 Å². The molecule has 1 aromatic heterocycles. The van der Waals surface area contributed by atoms with Crippen molar-refractivity contribution in [1.29, 1.82) is 0 Å². The van der Waals surface area contributed by atoms with Crippen LogP contribution >= 0.6 is 0 Å². The maximum absolute atomic E-state index is 12.0. The normalized spacial score (nSPS) is 21.2. The highest BCUT2D eigenvalue weighted by Gasteiger charge is 2.41. The molecule has 1 amide bonds. The highest BCUT2D eigenvalue weighted by molar-refractivity contribution is 5.94. The predicted molar refractivity (Wildman–Crippen MR) is 66.3 cm³/mol. The molecule has 0 bridgehead atoms. The number of nitrogens with zero attached hydrogens (tertiary/aromatic N) is 2. The van der Waals surface area contributed by atoms with Crippen LogP contribution in [-0.2, 0) is 9.47 Å². The summed E-state index contributed by atoms with van der Waals surface area (Å²) in [7, 11) is 1.65. The van der Waals surface area contributed by atoms with Gasteiger partial charge in [0.25, 0.3) is 5.91 Å². The monoisotopic (exact) mass is 282 g/mol. The molecule has 1 atom stereocenters. The Morgan fingerprint density at radius 2 is 2.15 bits per heavy atom. The van der Waals surface area contributed by atoms with Gasteiger partial charge in [-0.25, -0.2) is 14.8 Å². The van der Waals surface area contributed by atoms with Crippen LogP contribution in [0.4, 0.5) is 10.7 Å². The van der Waals surface area contributed by atoms with Crippen molar-refractivity contribution in [3.8, 4) is 0 Å². The van der Waals surface area contributed by atoms with Gasteiger partial charge in [0.2, 0.25) is 11.7 Å². The molecule has 0 saturated carbocycles. The lowest BCUT2D eigenvalue weighted by molar-refractivity contribution is -0.0400. The summed E-state index contributed by atoms with van der Waals surface area (Å²) < 4.78 is 9.83. The summed E-state index contributed by atoms with van der Waals surface area (Å²) in [5, 5.41) is 14.0. The van der Waals surface area contributed by atoms with Crippen molar-refractivity contribution in [2.75, 3.05) is 25.6 Å². The van der Waals surface area contributed by atoms with Crippen molar-refractivity contribution < 1.29 is 24.2 Å². The number of carboxylic acid groups (broad SMARTS) is 1. The number of rotatable bonds is 4. The molecule has 1 fully saturated rings. The van der Waals surface area contributed by atoms with Crippen molar-refractivity contribution in [3.05, 3.63) is 18.0 Å². The Morgan fingerprint density at radius 3 is 2.65 bits per heavy atom. The minimum absolute atomic E-state index is 0.0273. The number of aromatic nitrogens is 2. The number of hydrogen-bond acceptors (Lipinski definition) is 7. The van der Waals surface area contributed by atoms with Crippen LogP contribution in [0.5, 0.6) is 0 Å². The van der Waals surface area contributed by atoms with E-state index in [-0.39, 0.29) is 18.6 Å². The Morgan fingerprint density at radius 1 is 1.45 bits per heavy atom. The molecule has 0 aliphatic carbocycles. The van der Waals surface area contributed by atoms with Gasteiger partial charge >= 0.3 is 6.16 Å². The maximum atomic E-state index is 12.0. The van der Waals surface area contributed by atoms with Gasteiger partial charge in [0.1, 0.15) is 6.61 Å². The summed E-state index contributed by atoms with van der Waals surface area (Å²) in [6, 6.07) is 0. The molecule has 1 saturated heterocycles. The third-order valence-electron chi connectivity index (χ3n) is 2.75. The number of nitrogens with one attached hydrogen (secondary N) is 2. The Hall–Kier alpha value is -2.42. The molecular weight excluding hydrogens is 268 g/mol. The van der Waals surface area contributed by atoms with E-state index in [2.05, 4.69) is 20.6 Å². The standard InChI is InChI=1S/C11H14N4O5/c1-12-9-13-4-7(5-14-9)8(16)15-11(20-10(17)18)2-3-19-6-11/h4-5H,2-3,6H2,1H3,(H,15,16)(H,17,18)(H,12,13,14)/t11-/m0/s1. The molecule has 0 spiro atoms. The first kappa shape index (κ1) is 14.0. The van der Waals surface area contributed by atoms with Gasteiger partial charge in [-0.15, -0.1) is 0 Å². The molecule has 9 nitrogen and oxygen atoms in total. The van der Waals surface area contributed by atoms with Crippen LogP contribution in [-0.4, -0.2) is 53.1 Å². The van der Waals surface area contributed by atoms with Gasteiger partial charge in [-0.3, -0.25) is 4.79 Å². The second-order valence-electron chi connectivity index (χ2n) is 4.16. The Bertz CT molecular complexity index is 498. The zero-order chi connectivity index (χ0) is 14.6. The minimum Gasteiger partial charge on any atom is -0.450 e. The zero-order valence-electron chi connectivity index (χ0n) is 10.8. The fourth-order valence-corrected chi connectivity index (χ4v) is 1.77. The molecule has 108 valence electrons. The van der Waals surface area contributed by atoms with E-state index in [0.29, 0.717) is 12.6 Å². The quantitative estimate of drug-likeness (QED) is 0.523. The van der Waals surface area contributed by atoms with Crippen LogP contribution in [0.15, 0.2) is 12.4 Å². The number of anilines is 1. The molecule has 2 rings (SSSR count). The number of amides is 1. The SMILES string of the molecule is CNc1ncc(C(=O)N[C@]2(OC(=O)O)CCOC2)cn1. The number of carbonyl (C=O) groups is 2. The fraction of sp³-hybridized carbons (Fsp3) is 0.455. The van der Waals surface area contributed by atoms with Crippen LogP contribution < -0.4 is 10.6 Å². The molecule has 0 radical (unpaired) electrons. The summed E-state index contributed by atoms with van der Waals surface area (Å²) >= 11 is 0. The van der Waals surface area contributed by atoms with E-state index in [1.165, 1.54) is 12.4 Å². The zero-order valence-corrected chi connectivity index (χ0v) is 10.8. The van der Waals surface area contributed by atoms with Crippen LogP contribution in [0.1, 0.15) is 16.8 Å². The first-order valence-corrected chi connectivity index (χ1v) is 5.87. The predicted octanol–water partition coefficient (Wildman–Crippen LogP) is 0.0593. The third kappa shape index (κ3) is 3.12. The van der Waals surface area contributed by atoms with Crippen molar-refractivity contribution in [1.82, 2.24) is 15.3 Å². The molecule has 0 unspecified atom stereocenters. The van der Waals surface area contributed by atoms with Crippen LogP contribution in [0, 0.1) is 0 Å². The summed E-state index contributed by atoms with van der Waals surface area (Å²) in [6.45, 7) is 0.281. The molecule has 2 heterocycles. The van der Waals surface area contributed by atoms with E-state index in [0.717, 1.165) is 0 Å². The minimum atomic E-state index is -1.47. The molecule has 1 aromatic rings. The lowest BCUT2D eigenvalue weighted by atomic mass is 10.1.